The maximum Gasteiger partial charge on any atom is 0.339 e. The number of carboxylic acids is 1. The molecular formula is C19H18FN3O2. The van der Waals surface area contributed by atoms with E-state index in [0.717, 1.165) is 29.1 Å². The van der Waals surface area contributed by atoms with Crippen molar-refractivity contribution in [3.8, 4) is 0 Å². The number of rotatable bonds is 3. The maximum absolute atomic E-state index is 13.2. The molecule has 3 heterocycles. The average molecular weight is 339 g/mol. The van der Waals surface area contributed by atoms with Crippen LogP contribution in [0.25, 0.3) is 5.52 Å². The number of carboxylic acid groups (broad SMARTS) is 1. The van der Waals surface area contributed by atoms with E-state index in [1.54, 1.807) is 16.6 Å². The number of aromatic nitrogens is 2. The van der Waals surface area contributed by atoms with Crippen LogP contribution in [0.15, 0.2) is 36.5 Å². The van der Waals surface area contributed by atoms with Crippen LogP contribution < -0.4 is 5.32 Å². The number of carbonyl (C=O) groups is 1. The summed E-state index contributed by atoms with van der Waals surface area (Å²) in [6, 6.07) is 8.25. The number of hydrogen-bond acceptors (Lipinski definition) is 3. The molecule has 0 bridgehead atoms. The Bertz CT molecular complexity index is 990. The van der Waals surface area contributed by atoms with Gasteiger partial charge in [-0.2, -0.15) is 5.10 Å². The number of aromatic carboxylic acids is 1. The van der Waals surface area contributed by atoms with Crippen LogP contribution in [0.1, 0.15) is 41.0 Å². The summed E-state index contributed by atoms with van der Waals surface area (Å²) in [4.78, 5) is 11.7. The van der Waals surface area contributed by atoms with Crippen LogP contribution in [0, 0.1) is 5.82 Å². The van der Waals surface area contributed by atoms with Gasteiger partial charge in [-0.15, -0.1) is 0 Å². The number of benzene rings is 1. The van der Waals surface area contributed by atoms with Crippen molar-refractivity contribution < 1.29 is 14.3 Å². The largest absolute Gasteiger partial charge is 0.478 e. The molecule has 0 aliphatic carbocycles. The van der Waals surface area contributed by atoms with Crippen LogP contribution in [0.2, 0.25) is 0 Å². The van der Waals surface area contributed by atoms with E-state index in [0.29, 0.717) is 11.9 Å². The fourth-order valence-corrected chi connectivity index (χ4v) is 3.55. The molecule has 6 heteroatoms. The minimum atomic E-state index is -1.00. The summed E-state index contributed by atoms with van der Waals surface area (Å²) in [5.74, 6) is -1.29. The van der Waals surface area contributed by atoms with Crippen molar-refractivity contribution in [1.29, 1.82) is 0 Å². The zero-order chi connectivity index (χ0) is 17.8. The lowest BCUT2D eigenvalue weighted by atomic mass is 9.90. The lowest BCUT2D eigenvalue weighted by Gasteiger charge is -2.19. The molecule has 0 amide bonds. The van der Waals surface area contributed by atoms with Crippen molar-refractivity contribution in [2.24, 2.45) is 0 Å². The van der Waals surface area contributed by atoms with E-state index in [2.05, 4.69) is 24.3 Å². The van der Waals surface area contributed by atoms with Gasteiger partial charge in [0.1, 0.15) is 11.4 Å². The first-order valence-electron chi connectivity index (χ1n) is 8.12. The molecule has 0 spiro atoms. The molecule has 128 valence electrons. The van der Waals surface area contributed by atoms with E-state index in [1.807, 2.05) is 6.07 Å². The summed E-state index contributed by atoms with van der Waals surface area (Å²) >= 11 is 0. The van der Waals surface area contributed by atoms with E-state index >= 15 is 0 Å². The highest BCUT2D eigenvalue weighted by molar-refractivity contribution is 5.97. The van der Waals surface area contributed by atoms with Gasteiger partial charge >= 0.3 is 5.97 Å². The molecular weight excluding hydrogens is 321 g/mol. The Morgan fingerprint density at radius 1 is 1.36 bits per heavy atom. The summed E-state index contributed by atoms with van der Waals surface area (Å²) in [5, 5.41) is 17.3. The Morgan fingerprint density at radius 2 is 2.08 bits per heavy atom. The van der Waals surface area contributed by atoms with Gasteiger partial charge in [0, 0.05) is 12.0 Å². The zero-order valence-electron chi connectivity index (χ0n) is 14.0. The third kappa shape index (κ3) is 2.45. The second-order valence-electron chi connectivity index (χ2n) is 7.10. The van der Waals surface area contributed by atoms with Crippen molar-refractivity contribution in [3.63, 3.8) is 0 Å². The number of anilines is 1. The molecule has 0 saturated carbocycles. The number of nitrogens with one attached hydrogen (secondary N) is 1. The monoisotopic (exact) mass is 339 g/mol. The van der Waals surface area contributed by atoms with Gasteiger partial charge in [0.05, 0.1) is 23.1 Å². The maximum atomic E-state index is 13.2. The molecule has 3 aromatic rings. The Hall–Kier alpha value is -2.89. The fourth-order valence-electron chi connectivity index (χ4n) is 3.55. The second-order valence-corrected chi connectivity index (χ2v) is 7.10. The Morgan fingerprint density at radius 3 is 2.76 bits per heavy atom. The van der Waals surface area contributed by atoms with E-state index < -0.39 is 5.97 Å². The van der Waals surface area contributed by atoms with Gasteiger partial charge in [0.15, 0.2) is 0 Å². The first kappa shape index (κ1) is 15.6. The molecule has 1 aliphatic rings. The average Bonchev–Trinajstić information content (AvgIpc) is 3.11. The summed E-state index contributed by atoms with van der Waals surface area (Å²) in [5.41, 5.74) is 4.36. The van der Waals surface area contributed by atoms with Gasteiger partial charge in [-0.05, 0) is 35.7 Å². The summed E-state index contributed by atoms with van der Waals surface area (Å²) in [6.45, 7) is 4.97. The molecule has 2 N–H and O–H groups in total. The molecule has 0 radical (unpaired) electrons. The van der Waals surface area contributed by atoms with Crippen LogP contribution in [-0.2, 0) is 11.8 Å². The molecule has 0 saturated heterocycles. The minimum Gasteiger partial charge on any atom is -0.478 e. The molecule has 2 aromatic heterocycles. The molecule has 0 atom stereocenters. The highest BCUT2D eigenvalue weighted by Crippen LogP contribution is 2.39. The number of hydrogen-bond donors (Lipinski definition) is 2. The topological polar surface area (TPSA) is 66.6 Å². The van der Waals surface area contributed by atoms with Gasteiger partial charge in [-0.25, -0.2) is 13.7 Å². The molecule has 1 aromatic carbocycles. The third-order valence-electron chi connectivity index (χ3n) is 4.76. The quantitative estimate of drug-likeness (QED) is 0.767. The first-order valence-corrected chi connectivity index (χ1v) is 8.12. The van der Waals surface area contributed by atoms with Crippen LogP contribution in [0.3, 0.4) is 0 Å². The normalized spacial score (nSPS) is 15.2. The summed E-state index contributed by atoms with van der Waals surface area (Å²) in [6.07, 6.45) is 1.91. The Kier molecular flexibility index (Phi) is 3.32. The zero-order valence-corrected chi connectivity index (χ0v) is 14.0. The van der Waals surface area contributed by atoms with Crippen molar-refractivity contribution in [2.45, 2.75) is 25.7 Å². The van der Waals surface area contributed by atoms with Gasteiger partial charge in [-0.3, -0.25) is 0 Å². The van der Waals surface area contributed by atoms with Gasteiger partial charge in [0.2, 0.25) is 0 Å². The molecule has 25 heavy (non-hydrogen) atoms. The standard InChI is InChI=1S/C19H18FN3O2/c1-19(2)10-21-15-8-12(7-11-3-5-13(20)6-4-11)16-14(18(24)25)9-22-23(16)17(15)19/h3-6,8-9,21H,7,10H2,1-2H3,(H,24,25). The van der Waals surface area contributed by atoms with E-state index in [4.69, 9.17) is 0 Å². The highest BCUT2D eigenvalue weighted by atomic mass is 19.1. The number of pyridine rings is 1. The SMILES string of the molecule is CC1(C)CNc2cc(Cc3ccc(F)cc3)c3c(C(=O)O)cnn3c21. The van der Waals surface area contributed by atoms with Crippen molar-refractivity contribution in [2.75, 3.05) is 11.9 Å². The molecule has 5 nitrogen and oxygen atoms in total. The van der Waals surface area contributed by atoms with E-state index in [-0.39, 0.29) is 16.8 Å². The van der Waals surface area contributed by atoms with Gasteiger partial charge in [-0.1, -0.05) is 26.0 Å². The number of nitrogens with zero attached hydrogens (tertiary/aromatic N) is 2. The minimum absolute atomic E-state index is 0.149. The van der Waals surface area contributed by atoms with Crippen LogP contribution in [0.4, 0.5) is 10.1 Å². The van der Waals surface area contributed by atoms with E-state index in [1.165, 1.54) is 18.3 Å². The second kappa shape index (κ2) is 5.31. The molecule has 1 aliphatic heterocycles. The number of halogens is 1. The third-order valence-corrected chi connectivity index (χ3v) is 4.76. The van der Waals surface area contributed by atoms with Crippen molar-refractivity contribution in [3.05, 3.63) is 64.7 Å². The van der Waals surface area contributed by atoms with Crippen molar-refractivity contribution in [1.82, 2.24) is 9.61 Å². The molecule has 0 fully saturated rings. The Labute approximate surface area is 144 Å². The molecule has 4 rings (SSSR count). The smallest absolute Gasteiger partial charge is 0.339 e. The lowest BCUT2D eigenvalue weighted by Crippen LogP contribution is -2.22. The molecule has 0 unspecified atom stereocenters. The predicted molar refractivity (Wildman–Crippen MR) is 92.9 cm³/mol. The first-order chi connectivity index (χ1) is 11.9. The fraction of sp³-hybridized carbons (Fsp3) is 0.263. The van der Waals surface area contributed by atoms with Crippen LogP contribution in [-0.4, -0.2) is 27.2 Å². The highest BCUT2D eigenvalue weighted by Gasteiger charge is 2.34. The number of fused-ring (bicyclic) bond motifs is 3. The van der Waals surface area contributed by atoms with Gasteiger partial charge < -0.3 is 10.4 Å². The van der Waals surface area contributed by atoms with Crippen molar-refractivity contribution >= 4 is 17.2 Å². The lowest BCUT2D eigenvalue weighted by molar-refractivity contribution is 0.0699. The van der Waals surface area contributed by atoms with E-state index in [9.17, 15) is 14.3 Å². The predicted octanol–water partition coefficient (Wildman–Crippen LogP) is 3.47. The Balaban J connectivity index is 1.95. The van der Waals surface area contributed by atoms with Crippen LogP contribution in [0.5, 0.6) is 0 Å². The summed E-state index contributed by atoms with van der Waals surface area (Å²) < 4.78 is 14.9. The van der Waals surface area contributed by atoms with Gasteiger partial charge in [0.25, 0.3) is 0 Å². The summed E-state index contributed by atoms with van der Waals surface area (Å²) in [7, 11) is 0. The van der Waals surface area contributed by atoms with Crippen LogP contribution >= 0.6 is 0 Å².